The summed E-state index contributed by atoms with van der Waals surface area (Å²) in [5.74, 6) is -0.208. The molecule has 26 heavy (non-hydrogen) atoms. The number of ether oxygens (including phenoxy) is 1. The van der Waals surface area contributed by atoms with Gasteiger partial charge in [-0.05, 0) is 43.5 Å². The molecule has 0 bridgehead atoms. The van der Waals surface area contributed by atoms with Crippen LogP contribution in [-0.2, 0) is 17.7 Å². The lowest BCUT2D eigenvalue weighted by atomic mass is 10.1. The van der Waals surface area contributed by atoms with Gasteiger partial charge in [-0.25, -0.2) is 0 Å². The molecular formula is C19H26N4O2S. The third-order valence-electron chi connectivity index (χ3n) is 4.57. The van der Waals surface area contributed by atoms with Gasteiger partial charge in [0.1, 0.15) is 5.01 Å². The van der Waals surface area contributed by atoms with Gasteiger partial charge in [0, 0.05) is 18.8 Å². The Hall–Kier alpha value is -1.83. The Morgan fingerprint density at radius 2 is 2.12 bits per heavy atom. The van der Waals surface area contributed by atoms with Crippen molar-refractivity contribution in [2.45, 2.75) is 45.8 Å². The summed E-state index contributed by atoms with van der Waals surface area (Å²) >= 11 is 1.35. The lowest BCUT2D eigenvalue weighted by Gasteiger charge is -2.22. The predicted molar refractivity (Wildman–Crippen MR) is 104 cm³/mol. The van der Waals surface area contributed by atoms with Gasteiger partial charge in [-0.1, -0.05) is 37.3 Å². The van der Waals surface area contributed by atoms with E-state index in [1.807, 2.05) is 24.3 Å². The van der Waals surface area contributed by atoms with Gasteiger partial charge in [0.2, 0.25) is 5.01 Å². The first-order chi connectivity index (χ1) is 12.7. The van der Waals surface area contributed by atoms with Gasteiger partial charge in [0.25, 0.3) is 5.91 Å². The number of hydrogen-bond acceptors (Lipinski definition) is 6. The highest BCUT2D eigenvalue weighted by molar-refractivity contribution is 7.13. The Balaban J connectivity index is 1.56. The zero-order valence-corrected chi connectivity index (χ0v) is 16.2. The van der Waals surface area contributed by atoms with Crippen molar-refractivity contribution in [3.05, 3.63) is 39.8 Å². The number of likely N-dealkylation sites (N-methyl/N-ethyl adjacent to an activating group) is 1. The van der Waals surface area contributed by atoms with Crippen LogP contribution in [0, 0.1) is 0 Å². The minimum Gasteiger partial charge on any atom is -0.377 e. The standard InChI is InChI=1S/C19H26N4O2S/c1-3-14-7-9-15(10-8-14)20-18(24)19-22-21-17(26-19)13-23(4-2)12-16-6-5-11-25-16/h7-10,16H,3-6,11-13H2,1-2H3,(H,20,24)/t16-/m1/s1. The van der Waals surface area contributed by atoms with Crippen molar-refractivity contribution in [3.8, 4) is 0 Å². The summed E-state index contributed by atoms with van der Waals surface area (Å²) in [4.78, 5) is 14.7. The number of aryl methyl sites for hydroxylation is 1. The van der Waals surface area contributed by atoms with E-state index in [0.29, 0.717) is 17.7 Å². The van der Waals surface area contributed by atoms with Crippen LogP contribution in [0.4, 0.5) is 5.69 Å². The predicted octanol–water partition coefficient (Wildman–Crippen LogP) is 3.35. The van der Waals surface area contributed by atoms with Gasteiger partial charge in [-0.2, -0.15) is 0 Å². The number of nitrogens with zero attached hydrogens (tertiary/aromatic N) is 3. The van der Waals surface area contributed by atoms with Gasteiger partial charge in [-0.3, -0.25) is 9.69 Å². The van der Waals surface area contributed by atoms with Crippen LogP contribution in [0.15, 0.2) is 24.3 Å². The van der Waals surface area contributed by atoms with Gasteiger partial charge in [0.15, 0.2) is 0 Å². The second-order valence-electron chi connectivity index (χ2n) is 6.47. The first-order valence-corrected chi connectivity index (χ1v) is 10.1. The maximum Gasteiger partial charge on any atom is 0.286 e. The molecule has 1 amide bonds. The summed E-state index contributed by atoms with van der Waals surface area (Å²) in [5, 5.41) is 12.4. The number of anilines is 1. The van der Waals surface area contributed by atoms with Crippen LogP contribution in [0.5, 0.6) is 0 Å². The molecule has 7 heteroatoms. The fourth-order valence-electron chi connectivity index (χ4n) is 2.99. The molecule has 0 saturated carbocycles. The molecule has 1 aliphatic rings. The molecular weight excluding hydrogens is 348 g/mol. The SMILES string of the molecule is CCc1ccc(NC(=O)c2nnc(CN(CC)C[C@H]3CCCO3)s2)cc1. The van der Waals surface area contributed by atoms with E-state index in [1.165, 1.54) is 16.9 Å². The van der Waals surface area contributed by atoms with Gasteiger partial charge in [-0.15, -0.1) is 10.2 Å². The maximum atomic E-state index is 12.4. The third kappa shape index (κ3) is 5.09. The van der Waals surface area contributed by atoms with Crippen molar-refractivity contribution in [2.75, 3.05) is 25.0 Å². The molecule has 0 aliphatic carbocycles. The molecule has 6 nitrogen and oxygen atoms in total. The Morgan fingerprint density at radius 1 is 1.31 bits per heavy atom. The molecule has 2 aromatic rings. The van der Waals surface area contributed by atoms with Gasteiger partial charge < -0.3 is 10.1 Å². The largest absolute Gasteiger partial charge is 0.377 e. The minimum absolute atomic E-state index is 0.208. The molecule has 1 aromatic carbocycles. The summed E-state index contributed by atoms with van der Waals surface area (Å²) in [7, 11) is 0. The minimum atomic E-state index is -0.208. The molecule has 1 fully saturated rings. The highest BCUT2D eigenvalue weighted by Crippen LogP contribution is 2.18. The average molecular weight is 375 g/mol. The average Bonchev–Trinajstić information content (AvgIpc) is 3.34. The number of carbonyl (C=O) groups is 1. The number of benzene rings is 1. The monoisotopic (exact) mass is 374 g/mol. The highest BCUT2D eigenvalue weighted by Gasteiger charge is 2.20. The van der Waals surface area contributed by atoms with E-state index in [4.69, 9.17) is 4.74 Å². The van der Waals surface area contributed by atoms with Crippen LogP contribution >= 0.6 is 11.3 Å². The Morgan fingerprint density at radius 3 is 2.77 bits per heavy atom. The first kappa shape index (κ1) is 18.9. The maximum absolute atomic E-state index is 12.4. The van der Waals surface area contributed by atoms with Gasteiger partial charge in [0.05, 0.1) is 12.6 Å². The van der Waals surface area contributed by atoms with Crippen LogP contribution in [0.3, 0.4) is 0 Å². The molecule has 0 unspecified atom stereocenters. The van der Waals surface area contributed by atoms with Crippen molar-refractivity contribution in [2.24, 2.45) is 0 Å². The topological polar surface area (TPSA) is 67.4 Å². The number of nitrogens with one attached hydrogen (secondary N) is 1. The Labute approximate surface area is 158 Å². The van der Waals surface area contributed by atoms with Crippen molar-refractivity contribution >= 4 is 22.9 Å². The van der Waals surface area contributed by atoms with Crippen LogP contribution in [0.1, 0.15) is 47.1 Å². The molecule has 140 valence electrons. The highest BCUT2D eigenvalue weighted by atomic mass is 32.1. The molecule has 1 aromatic heterocycles. The summed E-state index contributed by atoms with van der Waals surface area (Å²) in [5.41, 5.74) is 2.02. The summed E-state index contributed by atoms with van der Waals surface area (Å²) in [6, 6.07) is 7.87. The van der Waals surface area contributed by atoms with E-state index < -0.39 is 0 Å². The fourth-order valence-corrected chi connectivity index (χ4v) is 3.77. The number of carbonyl (C=O) groups excluding carboxylic acids is 1. The quantitative estimate of drug-likeness (QED) is 0.767. The van der Waals surface area contributed by atoms with Gasteiger partial charge >= 0.3 is 0 Å². The number of amides is 1. The van der Waals surface area contributed by atoms with Crippen molar-refractivity contribution in [1.82, 2.24) is 15.1 Å². The molecule has 1 atom stereocenters. The number of aromatic nitrogens is 2. The fraction of sp³-hybridized carbons (Fsp3) is 0.526. The zero-order valence-electron chi connectivity index (χ0n) is 15.4. The summed E-state index contributed by atoms with van der Waals surface area (Å²) in [6.07, 6.45) is 3.56. The lowest BCUT2D eigenvalue weighted by molar-refractivity contribution is 0.0724. The normalized spacial score (nSPS) is 17.0. The molecule has 1 N–H and O–H groups in total. The number of rotatable bonds is 8. The van der Waals surface area contributed by atoms with E-state index >= 15 is 0 Å². The van der Waals surface area contributed by atoms with Crippen LogP contribution in [-0.4, -0.2) is 46.8 Å². The van der Waals surface area contributed by atoms with E-state index in [-0.39, 0.29) is 5.91 Å². The third-order valence-corrected chi connectivity index (χ3v) is 5.48. The van der Waals surface area contributed by atoms with E-state index in [1.54, 1.807) is 0 Å². The molecule has 3 rings (SSSR count). The first-order valence-electron chi connectivity index (χ1n) is 9.24. The second kappa shape index (κ2) is 9.21. The van der Waals surface area contributed by atoms with Crippen LogP contribution in [0.25, 0.3) is 0 Å². The van der Waals surface area contributed by atoms with Crippen molar-refractivity contribution in [3.63, 3.8) is 0 Å². The molecule has 0 spiro atoms. The molecule has 0 radical (unpaired) electrons. The van der Waals surface area contributed by atoms with Crippen LogP contribution < -0.4 is 5.32 Å². The van der Waals surface area contributed by atoms with Crippen molar-refractivity contribution in [1.29, 1.82) is 0 Å². The van der Waals surface area contributed by atoms with E-state index in [2.05, 4.69) is 34.3 Å². The lowest BCUT2D eigenvalue weighted by Crippen LogP contribution is -2.31. The number of hydrogen-bond donors (Lipinski definition) is 1. The summed E-state index contributed by atoms with van der Waals surface area (Å²) in [6.45, 7) is 7.63. The van der Waals surface area contributed by atoms with E-state index in [0.717, 1.165) is 49.7 Å². The second-order valence-corrected chi connectivity index (χ2v) is 7.53. The Bertz CT molecular complexity index is 711. The van der Waals surface area contributed by atoms with Crippen LogP contribution in [0.2, 0.25) is 0 Å². The summed E-state index contributed by atoms with van der Waals surface area (Å²) < 4.78 is 5.71. The van der Waals surface area contributed by atoms with E-state index in [9.17, 15) is 4.79 Å². The zero-order chi connectivity index (χ0) is 18.4. The molecule has 1 saturated heterocycles. The van der Waals surface area contributed by atoms with Crippen molar-refractivity contribution < 1.29 is 9.53 Å². The molecule has 2 heterocycles. The Kier molecular flexibility index (Phi) is 6.71. The molecule has 1 aliphatic heterocycles. The smallest absolute Gasteiger partial charge is 0.286 e.